The summed E-state index contributed by atoms with van der Waals surface area (Å²) >= 11 is 0. The number of aliphatic carboxylic acids is 1. The summed E-state index contributed by atoms with van der Waals surface area (Å²) in [6.07, 6.45) is 14.7. The number of carboxylic acid groups (broad SMARTS) is 1. The van der Waals surface area contributed by atoms with Gasteiger partial charge < -0.3 is 5.11 Å². The topological polar surface area (TPSA) is 83.5 Å². The summed E-state index contributed by atoms with van der Waals surface area (Å²) in [7, 11) is -3.47. The summed E-state index contributed by atoms with van der Waals surface area (Å²) in [5.41, 5.74) is 1.05. The lowest BCUT2D eigenvalue weighted by Crippen LogP contribution is -2.43. The van der Waals surface area contributed by atoms with Crippen LogP contribution in [0.4, 0.5) is 0 Å². The van der Waals surface area contributed by atoms with Crippen LogP contribution in [0, 0.1) is 30.6 Å². The second-order valence-electron chi connectivity index (χ2n) is 8.77. The summed E-state index contributed by atoms with van der Waals surface area (Å²) in [6.45, 7) is 2.45. The maximum absolute atomic E-state index is 12.6. The Morgan fingerprint density at radius 2 is 1.93 bits per heavy atom. The van der Waals surface area contributed by atoms with Crippen LogP contribution in [0.15, 0.2) is 53.5 Å². The van der Waals surface area contributed by atoms with E-state index >= 15 is 0 Å². The number of rotatable bonds is 10. The van der Waals surface area contributed by atoms with Gasteiger partial charge in [-0.05, 0) is 74.8 Å². The summed E-state index contributed by atoms with van der Waals surface area (Å²) in [5, 5.41) is 8.66. The standard InChI is InChI=1S/C24H33NO4S/c1-18-9-12-22(13-10-18)30(28,29)25-17-21-16-19-11-14-23(21)20(15-19)7-5-3-2-4-6-8-24(26)27/h2-3,5,7,9-10,12-13,19-21,23,25H,4,6,8,11,14-17H2,1H3,(H,26,27). The summed E-state index contributed by atoms with van der Waals surface area (Å²) in [6, 6.07) is 6.98. The molecule has 0 amide bonds. The van der Waals surface area contributed by atoms with Crippen molar-refractivity contribution in [2.24, 2.45) is 23.7 Å². The molecular formula is C24H33NO4S. The molecule has 5 nitrogen and oxygen atoms in total. The van der Waals surface area contributed by atoms with Crippen molar-refractivity contribution in [1.82, 2.24) is 4.72 Å². The second-order valence-corrected chi connectivity index (χ2v) is 10.5. The summed E-state index contributed by atoms with van der Waals surface area (Å²) in [5.74, 6) is 1.33. The zero-order chi connectivity index (χ0) is 21.6. The number of carbonyl (C=O) groups is 1. The largest absolute Gasteiger partial charge is 0.481 e. The number of nitrogens with one attached hydrogen (secondary N) is 1. The Bertz CT molecular complexity index is 873. The van der Waals surface area contributed by atoms with E-state index in [2.05, 4.69) is 16.9 Å². The third kappa shape index (κ3) is 6.29. The number of allylic oxidation sites excluding steroid dienone is 4. The number of carboxylic acids is 1. The van der Waals surface area contributed by atoms with Crippen molar-refractivity contribution in [2.75, 3.05) is 6.54 Å². The molecule has 1 aromatic carbocycles. The van der Waals surface area contributed by atoms with Gasteiger partial charge in [0, 0.05) is 13.0 Å². The molecule has 0 aliphatic heterocycles. The molecule has 4 unspecified atom stereocenters. The highest BCUT2D eigenvalue weighted by atomic mass is 32.2. The van der Waals surface area contributed by atoms with Crippen LogP contribution in [0.1, 0.15) is 50.5 Å². The molecular weight excluding hydrogens is 398 g/mol. The quantitative estimate of drug-likeness (QED) is 0.416. The Morgan fingerprint density at radius 3 is 2.63 bits per heavy atom. The first-order valence-electron chi connectivity index (χ1n) is 11.0. The van der Waals surface area contributed by atoms with Crippen LogP contribution in [0.5, 0.6) is 0 Å². The Hall–Kier alpha value is -1.92. The fourth-order valence-corrected chi connectivity index (χ4v) is 6.04. The first-order valence-corrected chi connectivity index (χ1v) is 12.4. The predicted octanol–water partition coefficient (Wildman–Crippen LogP) is 4.69. The molecule has 1 aromatic rings. The third-order valence-corrected chi connectivity index (χ3v) is 7.98. The number of hydrogen-bond donors (Lipinski definition) is 2. The van der Waals surface area contributed by atoms with Crippen molar-refractivity contribution in [1.29, 1.82) is 0 Å². The molecule has 3 aliphatic rings. The Balaban J connectivity index is 1.53. The number of benzene rings is 1. The maximum Gasteiger partial charge on any atom is 0.303 e. The minimum atomic E-state index is -3.47. The van der Waals surface area contributed by atoms with E-state index in [-0.39, 0.29) is 6.42 Å². The zero-order valence-electron chi connectivity index (χ0n) is 17.7. The fraction of sp³-hybridized carbons (Fsp3) is 0.542. The number of sulfonamides is 1. The van der Waals surface area contributed by atoms with E-state index in [0.29, 0.717) is 41.5 Å². The molecule has 6 heteroatoms. The number of aryl methyl sites for hydroxylation is 1. The normalized spacial score (nSPS) is 26.6. The molecule has 2 bridgehead atoms. The lowest BCUT2D eigenvalue weighted by molar-refractivity contribution is -0.137. The van der Waals surface area contributed by atoms with E-state index < -0.39 is 16.0 Å². The van der Waals surface area contributed by atoms with Gasteiger partial charge in [-0.25, -0.2) is 13.1 Å². The maximum atomic E-state index is 12.6. The zero-order valence-corrected chi connectivity index (χ0v) is 18.5. The Morgan fingerprint density at radius 1 is 1.17 bits per heavy atom. The van der Waals surface area contributed by atoms with Gasteiger partial charge in [0.1, 0.15) is 0 Å². The van der Waals surface area contributed by atoms with Crippen LogP contribution < -0.4 is 4.72 Å². The molecule has 30 heavy (non-hydrogen) atoms. The lowest BCUT2D eigenvalue weighted by atomic mass is 9.59. The van der Waals surface area contributed by atoms with Crippen molar-refractivity contribution in [3.8, 4) is 0 Å². The van der Waals surface area contributed by atoms with Gasteiger partial charge in [-0.3, -0.25) is 4.79 Å². The molecule has 0 spiro atoms. The average Bonchev–Trinajstić information content (AvgIpc) is 2.72. The van der Waals surface area contributed by atoms with Crippen molar-refractivity contribution < 1.29 is 18.3 Å². The smallest absolute Gasteiger partial charge is 0.303 e. The average molecular weight is 432 g/mol. The number of fused-ring (bicyclic) bond motifs is 3. The number of unbranched alkanes of at least 4 members (excludes halogenated alkanes) is 1. The summed E-state index contributed by atoms with van der Waals surface area (Å²) < 4.78 is 28.1. The predicted molar refractivity (Wildman–Crippen MR) is 119 cm³/mol. The van der Waals surface area contributed by atoms with Crippen LogP contribution in [0.25, 0.3) is 0 Å². The minimum Gasteiger partial charge on any atom is -0.481 e. The molecule has 2 N–H and O–H groups in total. The Labute approximate surface area is 180 Å². The summed E-state index contributed by atoms with van der Waals surface area (Å²) in [4.78, 5) is 10.9. The van der Waals surface area contributed by atoms with E-state index in [4.69, 9.17) is 5.11 Å². The van der Waals surface area contributed by atoms with Gasteiger partial charge in [0.2, 0.25) is 10.0 Å². The van der Waals surface area contributed by atoms with Crippen LogP contribution in [0.3, 0.4) is 0 Å². The van der Waals surface area contributed by atoms with Crippen molar-refractivity contribution >= 4 is 16.0 Å². The molecule has 0 aromatic heterocycles. The van der Waals surface area contributed by atoms with Gasteiger partial charge in [0.15, 0.2) is 0 Å². The SMILES string of the molecule is Cc1ccc(S(=O)(=O)NCC2CC3CCC2C(C=CC=CCCCC(=O)O)C3)cc1. The highest BCUT2D eigenvalue weighted by Gasteiger charge is 2.41. The van der Waals surface area contributed by atoms with Crippen LogP contribution in [0.2, 0.25) is 0 Å². The fourth-order valence-electron chi connectivity index (χ4n) is 4.95. The van der Waals surface area contributed by atoms with Crippen LogP contribution in [-0.4, -0.2) is 26.0 Å². The van der Waals surface area contributed by atoms with Crippen molar-refractivity contribution in [3.05, 3.63) is 54.1 Å². The molecule has 0 heterocycles. The van der Waals surface area contributed by atoms with Crippen molar-refractivity contribution in [3.63, 3.8) is 0 Å². The lowest BCUT2D eigenvalue weighted by Gasteiger charge is -2.47. The number of hydrogen-bond acceptors (Lipinski definition) is 3. The molecule has 3 aliphatic carbocycles. The van der Waals surface area contributed by atoms with Gasteiger partial charge >= 0.3 is 5.97 Å². The van der Waals surface area contributed by atoms with E-state index in [1.54, 1.807) is 12.1 Å². The van der Waals surface area contributed by atoms with Gasteiger partial charge in [0.25, 0.3) is 0 Å². The molecule has 3 saturated carbocycles. The first-order chi connectivity index (χ1) is 14.3. The first kappa shape index (κ1) is 22.8. The van der Waals surface area contributed by atoms with Gasteiger partial charge in [-0.2, -0.15) is 0 Å². The van der Waals surface area contributed by atoms with Crippen molar-refractivity contribution in [2.45, 2.75) is 56.8 Å². The van der Waals surface area contributed by atoms with Gasteiger partial charge in [0.05, 0.1) is 4.90 Å². The Kier molecular flexibility index (Phi) is 7.89. The van der Waals surface area contributed by atoms with Crippen LogP contribution >= 0.6 is 0 Å². The van der Waals surface area contributed by atoms with Gasteiger partial charge in [-0.15, -0.1) is 0 Å². The van der Waals surface area contributed by atoms with Crippen LogP contribution in [-0.2, 0) is 14.8 Å². The molecule has 0 saturated heterocycles. The highest BCUT2D eigenvalue weighted by Crippen LogP contribution is 2.48. The molecule has 3 fully saturated rings. The minimum absolute atomic E-state index is 0.209. The second kappa shape index (κ2) is 10.4. The molecule has 4 rings (SSSR count). The highest BCUT2D eigenvalue weighted by molar-refractivity contribution is 7.89. The third-order valence-electron chi connectivity index (χ3n) is 6.54. The monoisotopic (exact) mass is 431 g/mol. The molecule has 0 radical (unpaired) electrons. The molecule has 164 valence electrons. The van der Waals surface area contributed by atoms with E-state index in [9.17, 15) is 13.2 Å². The molecule has 4 atom stereocenters. The van der Waals surface area contributed by atoms with E-state index in [1.165, 1.54) is 19.3 Å². The van der Waals surface area contributed by atoms with E-state index in [1.807, 2.05) is 31.2 Å². The van der Waals surface area contributed by atoms with Gasteiger partial charge in [-0.1, -0.05) is 48.4 Å². The van der Waals surface area contributed by atoms with E-state index in [0.717, 1.165) is 18.4 Å².